The number of hydrogen-bond donors (Lipinski definition) is 1. The smallest absolute Gasteiger partial charge is 0.122 e. The molecule has 0 radical (unpaired) electrons. The number of methoxy groups -OCH3 is 1. The van der Waals surface area contributed by atoms with Crippen molar-refractivity contribution in [2.24, 2.45) is 0 Å². The van der Waals surface area contributed by atoms with Gasteiger partial charge in [-0.2, -0.15) is 0 Å². The van der Waals surface area contributed by atoms with Gasteiger partial charge in [0.25, 0.3) is 0 Å². The minimum atomic E-state index is 0.444. The predicted molar refractivity (Wildman–Crippen MR) is 89.6 cm³/mol. The van der Waals surface area contributed by atoms with Gasteiger partial charge in [0.1, 0.15) is 5.75 Å². The van der Waals surface area contributed by atoms with Crippen molar-refractivity contribution < 1.29 is 4.74 Å². The molecule has 2 aromatic rings. The first-order valence-electron chi connectivity index (χ1n) is 8.19. The average Bonchev–Trinajstić information content (AvgIpc) is 3.10. The average molecular weight is 314 g/mol. The van der Waals surface area contributed by atoms with Crippen molar-refractivity contribution in [3.8, 4) is 5.75 Å². The van der Waals surface area contributed by atoms with E-state index in [-0.39, 0.29) is 0 Å². The number of thiazole rings is 1. The third kappa shape index (κ3) is 2.55. The zero-order valence-corrected chi connectivity index (χ0v) is 13.8. The van der Waals surface area contributed by atoms with Gasteiger partial charge in [-0.25, -0.2) is 4.98 Å². The number of benzene rings is 1. The molecule has 1 saturated carbocycles. The molecule has 1 atom stereocenters. The van der Waals surface area contributed by atoms with E-state index in [1.165, 1.54) is 40.3 Å². The highest BCUT2D eigenvalue weighted by Crippen LogP contribution is 2.39. The summed E-state index contributed by atoms with van der Waals surface area (Å²) in [5.41, 5.74) is 2.78. The first-order chi connectivity index (χ1) is 10.8. The molecule has 0 aliphatic heterocycles. The molecule has 3 nitrogen and oxygen atoms in total. The zero-order chi connectivity index (χ0) is 14.9. The second kappa shape index (κ2) is 6.01. The van der Waals surface area contributed by atoms with Crippen LogP contribution in [0.25, 0.3) is 0 Å². The van der Waals surface area contributed by atoms with Crippen LogP contribution in [0.5, 0.6) is 5.75 Å². The topological polar surface area (TPSA) is 34.1 Å². The molecule has 0 spiro atoms. The molecule has 1 N–H and O–H groups in total. The van der Waals surface area contributed by atoms with Gasteiger partial charge < -0.3 is 10.1 Å². The minimum absolute atomic E-state index is 0.444. The Morgan fingerprint density at radius 1 is 1.32 bits per heavy atom. The summed E-state index contributed by atoms with van der Waals surface area (Å²) in [5, 5.41) is 5.05. The number of aromatic nitrogens is 1. The molecule has 0 amide bonds. The van der Waals surface area contributed by atoms with Crippen LogP contribution in [0.2, 0.25) is 0 Å². The Balaban J connectivity index is 1.42. The number of fused-ring (bicyclic) bond motifs is 1. The van der Waals surface area contributed by atoms with E-state index >= 15 is 0 Å². The van der Waals surface area contributed by atoms with Crippen molar-refractivity contribution in [1.29, 1.82) is 0 Å². The van der Waals surface area contributed by atoms with Crippen LogP contribution in [0.4, 0.5) is 0 Å². The first-order valence-corrected chi connectivity index (χ1v) is 9.00. The number of ether oxygens (including phenoxy) is 1. The van der Waals surface area contributed by atoms with Crippen LogP contribution in [-0.2, 0) is 13.0 Å². The van der Waals surface area contributed by atoms with Gasteiger partial charge in [-0.15, -0.1) is 11.3 Å². The van der Waals surface area contributed by atoms with Crippen LogP contribution in [-0.4, -0.2) is 12.1 Å². The van der Waals surface area contributed by atoms with Gasteiger partial charge in [0.05, 0.1) is 12.1 Å². The highest BCUT2D eigenvalue weighted by molar-refractivity contribution is 7.11. The molecule has 1 heterocycles. The molecule has 4 rings (SSSR count). The van der Waals surface area contributed by atoms with Crippen molar-refractivity contribution in [3.05, 3.63) is 45.4 Å². The molecule has 0 unspecified atom stereocenters. The molecule has 22 heavy (non-hydrogen) atoms. The molecular weight excluding hydrogens is 292 g/mol. The predicted octanol–water partition coefficient (Wildman–Crippen LogP) is 4.20. The Morgan fingerprint density at radius 3 is 3.00 bits per heavy atom. The van der Waals surface area contributed by atoms with Crippen LogP contribution in [0.3, 0.4) is 0 Å². The summed E-state index contributed by atoms with van der Waals surface area (Å²) in [7, 11) is 1.76. The SMILES string of the molecule is COc1cccc2c1CC[C@@H]2NCc1cnc(C2CCC2)s1. The number of nitrogens with one attached hydrogen (secondary N) is 1. The highest BCUT2D eigenvalue weighted by Gasteiger charge is 2.25. The maximum atomic E-state index is 5.48. The van der Waals surface area contributed by atoms with Crippen LogP contribution in [0.1, 0.15) is 58.7 Å². The van der Waals surface area contributed by atoms with Gasteiger partial charge in [-0.3, -0.25) is 0 Å². The second-order valence-electron chi connectivity index (χ2n) is 6.29. The summed E-state index contributed by atoms with van der Waals surface area (Å²) < 4.78 is 5.48. The minimum Gasteiger partial charge on any atom is -0.496 e. The number of hydrogen-bond acceptors (Lipinski definition) is 4. The molecule has 0 saturated heterocycles. The summed E-state index contributed by atoms with van der Waals surface area (Å²) >= 11 is 1.89. The van der Waals surface area contributed by atoms with Gasteiger partial charge >= 0.3 is 0 Å². The standard InChI is InChI=1S/C18H22N2OS/c1-21-17-7-3-6-14-15(17)8-9-16(14)19-10-13-11-20-18(22-13)12-4-2-5-12/h3,6-7,11-12,16,19H,2,4-5,8-10H2,1H3/t16-/m0/s1. The molecule has 1 aromatic heterocycles. The van der Waals surface area contributed by atoms with E-state index in [0.717, 1.165) is 31.1 Å². The Kier molecular flexibility index (Phi) is 3.89. The molecule has 4 heteroatoms. The highest BCUT2D eigenvalue weighted by atomic mass is 32.1. The van der Waals surface area contributed by atoms with E-state index < -0.39 is 0 Å². The Hall–Kier alpha value is -1.39. The molecular formula is C18H22N2OS. The lowest BCUT2D eigenvalue weighted by molar-refractivity contribution is 0.410. The van der Waals surface area contributed by atoms with Crippen LogP contribution < -0.4 is 10.1 Å². The lowest BCUT2D eigenvalue weighted by Crippen LogP contribution is -2.18. The van der Waals surface area contributed by atoms with Gasteiger partial charge in [-0.1, -0.05) is 18.6 Å². The van der Waals surface area contributed by atoms with E-state index in [9.17, 15) is 0 Å². The maximum absolute atomic E-state index is 5.48. The van der Waals surface area contributed by atoms with Gasteiger partial charge in [-0.05, 0) is 42.9 Å². The van der Waals surface area contributed by atoms with Crippen molar-refractivity contribution >= 4 is 11.3 Å². The molecule has 0 bridgehead atoms. The summed E-state index contributed by atoms with van der Waals surface area (Å²) in [6.07, 6.45) is 8.36. The fourth-order valence-corrected chi connectivity index (χ4v) is 4.53. The van der Waals surface area contributed by atoms with Crippen LogP contribution in [0, 0.1) is 0 Å². The lowest BCUT2D eigenvalue weighted by atomic mass is 9.86. The van der Waals surface area contributed by atoms with E-state index in [0.29, 0.717) is 6.04 Å². The Morgan fingerprint density at radius 2 is 2.23 bits per heavy atom. The summed E-state index contributed by atoms with van der Waals surface area (Å²) in [5.74, 6) is 1.78. The summed E-state index contributed by atoms with van der Waals surface area (Å²) in [6.45, 7) is 0.922. The lowest BCUT2D eigenvalue weighted by Gasteiger charge is -2.22. The van der Waals surface area contributed by atoms with Crippen LogP contribution >= 0.6 is 11.3 Å². The summed E-state index contributed by atoms with van der Waals surface area (Å²) in [6, 6.07) is 6.84. The van der Waals surface area contributed by atoms with Gasteiger partial charge in [0.15, 0.2) is 0 Å². The van der Waals surface area contributed by atoms with Crippen molar-refractivity contribution in [2.45, 2.75) is 50.6 Å². The third-order valence-corrected chi connectivity index (χ3v) is 6.16. The van der Waals surface area contributed by atoms with Gasteiger partial charge in [0.2, 0.25) is 0 Å². The number of rotatable bonds is 5. The normalized spacial score (nSPS) is 20.7. The fourth-order valence-electron chi connectivity index (χ4n) is 3.50. The molecule has 116 valence electrons. The van der Waals surface area contributed by atoms with Crippen molar-refractivity contribution in [2.75, 3.05) is 7.11 Å². The van der Waals surface area contributed by atoms with Crippen molar-refractivity contribution in [3.63, 3.8) is 0 Å². The zero-order valence-electron chi connectivity index (χ0n) is 13.0. The molecule has 1 aromatic carbocycles. The monoisotopic (exact) mass is 314 g/mol. The van der Waals surface area contributed by atoms with E-state index in [4.69, 9.17) is 4.74 Å². The maximum Gasteiger partial charge on any atom is 0.122 e. The molecule has 1 fully saturated rings. The number of nitrogens with zero attached hydrogens (tertiary/aromatic N) is 1. The Labute approximate surface area is 135 Å². The summed E-state index contributed by atoms with van der Waals surface area (Å²) in [4.78, 5) is 5.97. The van der Waals surface area contributed by atoms with Gasteiger partial charge in [0, 0.05) is 29.6 Å². The second-order valence-corrected chi connectivity index (χ2v) is 7.44. The van der Waals surface area contributed by atoms with Crippen molar-refractivity contribution in [1.82, 2.24) is 10.3 Å². The van der Waals surface area contributed by atoms with E-state index in [2.05, 4.69) is 34.7 Å². The molecule has 2 aliphatic carbocycles. The van der Waals surface area contributed by atoms with E-state index in [1.54, 1.807) is 7.11 Å². The Bertz CT molecular complexity index is 663. The largest absolute Gasteiger partial charge is 0.496 e. The molecule has 2 aliphatic rings. The first kappa shape index (κ1) is 14.2. The van der Waals surface area contributed by atoms with Crippen LogP contribution in [0.15, 0.2) is 24.4 Å². The fraction of sp³-hybridized carbons (Fsp3) is 0.500. The quantitative estimate of drug-likeness (QED) is 0.898. The van der Waals surface area contributed by atoms with E-state index in [1.807, 2.05) is 11.3 Å². The third-order valence-electron chi connectivity index (χ3n) is 5.00.